The lowest BCUT2D eigenvalue weighted by molar-refractivity contribution is -0.120. The number of H-pyrrole nitrogens is 1. The molecule has 0 aromatic rings. The van der Waals surface area contributed by atoms with Gasteiger partial charge >= 0.3 is 0 Å². The van der Waals surface area contributed by atoms with Crippen LogP contribution in [0.2, 0.25) is 0 Å². The van der Waals surface area contributed by atoms with Crippen LogP contribution in [0.5, 0.6) is 0 Å². The van der Waals surface area contributed by atoms with E-state index in [0.29, 0.717) is 29.8 Å². The largest absolute Gasteiger partial charge is 0.350 e. The molecular formula is C17H21N5O2. The maximum Gasteiger partial charge on any atom is 0.277 e. The Labute approximate surface area is 139 Å². The maximum atomic E-state index is 12.4. The van der Waals surface area contributed by atoms with Gasteiger partial charge in [-0.25, -0.2) is 4.68 Å². The predicted molar refractivity (Wildman–Crippen MR) is 91.2 cm³/mol. The summed E-state index contributed by atoms with van der Waals surface area (Å²) >= 11 is 0. The number of carbonyl (C=O) groups excluding carboxylic acids is 1. The van der Waals surface area contributed by atoms with Crippen molar-refractivity contribution < 1.29 is 4.79 Å². The molecule has 7 nitrogen and oxygen atoms in total. The molecule has 1 atom stereocenters. The zero-order valence-corrected chi connectivity index (χ0v) is 13.7. The molecule has 2 N–H and O–H groups in total. The summed E-state index contributed by atoms with van der Waals surface area (Å²) in [5.74, 6) is -0.197. The number of hydrogen-bond acceptors (Lipinski definition) is 4. The van der Waals surface area contributed by atoms with Crippen LogP contribution in [0.15, 0.2) is 28.6 Å². The maximum absolute atomic E-state index is 12.4. The monoisotopic (exact) mass is 327 g/mol. The molecule has 1 unspecified atom stereocenters. The number of amides is 1. The molecule has 3 heterocycles. The van der Waals surface area contributed by atoms with E-state index in [1.54, 1.807) is 18.3 Å². The second kappa shape index (κ2) is 6.82. The number of pyridine rings is 1. The number of fused-ring (bicyclic) bond motifs is 3. The van der Waals surface area contributed by atoms with E-state index in [4.69, 9.17) is 0 Å². The number of aromatic amines is 1. The Kier molecular flexibility index (Phi) is 4.59. The van der Waals surface area contributed by atoms with Gasteiger partial charge in [0.15, 0.2) is 0 Å². The molecule has 0 aliphatic carbocycles. The van der Waals surface area contributed by atoms with E-state index in [-0.39, 0.29) is 11.5 Å². The average molecular weight is 327 g/mol. The van der Waals surface area contributed by atoms with Gasteiger partial charge in [-0.15, -0.1) is 6.58 Å². The van der Waals surface area contributed by atoms with Gasteiger partial charge in [0.25, 0.3) is 5.56 Å². The molecule has 0 fully saturated rings. The van der Waals surface area contributed by atoms with Crippen molar-refractivity contribution in [1.82, 2.24) is 20.1 Å². The van der Waals surface area contributed by atoms with E-state index in [2.05, 4.69) is 33.9 Å². The SMILES string of the molecule is C=CCNC(=O)C1C=c2c3nn(CCCCC)c(=O)c-3c[nH]c2=N1. The molecule has 3 aliphatic heterocycles. The third-order valence-electron chi connectivity index (χ3n) is 4.06. The van der Waals surface area contributed by atoms with Crippen LogP contribution in [-0.2, 0) is 11.3 Å². The summed E-state index contributed by atoms with van der Waals surface area (Å²) in [6.07, 6.45) is 8.06. The Morgan fingerprint density at radius 2 is 2.33 bits per heavy atom. The summed E-state index contributed by atoms with van der Waals surface area (Å²) in [6, 6.07) is -0.609. The highest BCUT2D eigenvalue weighted by molar-refractivity contribution is 5.89. The first-order chi connectivity index (χ1) is 11.7. The fourth-order valence-corrected chi connectivity index (χ4v) is 2.79. The Bertz CT molecular complexity index is 908. The minimum atomic E-state index is -0.609. The van der Waals surface area contributed by atoms with Crippen LogP contribution < -0.4 is 21.6 Å². The molecule has 0 radical (unpaired) electrons. The molecule has 7 heteroatoms. The Balaban J connectivity index is 1.96. The van der Waals surface area contributed by atoms with Crippen molar-refractivity contribution >= 4 is 12.0 Å². The van der Waals surface area contributed by atoms with Crippen LogP contribution in [0.3, 0.4) is 0 Å². The second-order valence-electron chi connectivity index (χ2n) is 5.82. The molecule has 0 spiro atoms. The number of aryl methyl sites for hydroxylation is 1. The van der Waals surface area contributed by atoms with Crippen LogP contribution in [0.25, 0.3) is 17.3 Å². The van der Waals surface area contributed by atoms with Crippen LogP contribution in [-0.4, -0.2) is 33.3 Å². The summed E-state index contributed by atoms with van der Waals surface area (Å²) < 4.78 is 1.51. The molecule has 3 rings (SSSR count). The van der Waals surface area contributed by atoms with E-state index < -0.39 is 6.04 Å². The van der Waals surface area contributed by atoms with Crippen LogP contribution in [0.1, 0.15) is 26.2 Å². The minimum absolute atomic E-state index is 0.104. The van der Waals surface area contributed by atoms with Crippen LogP contribution in [0.4, 0.5) is 0 Å². The number of hydrogen-bond donors (Lipinski definition) is 2. The van der Waals surface area contributed by atoms with Gasteiger partial charge < -0.3 is 10.3 Å². The first-order valence-electron chi connectivity index (χ1n) is 8.22. The van der Waals surface area contributed by atoms with E-state index >= 15 is 0 Å². The van der Waals surface area contributed by atoms with Crippen molar-refractivity contribution in [1.29, 1.82) is 0 Å². The van der Waals surface area contributed by atoms with Crippen molar-refractivity contribution in [2.45, 2.75) is 38.8 Å². The van der Waals surface area contributed by atoms with E-state index in [0.717, 1.165) is 24.5 Å². The first-order valence-corrected chi connectivity index (χ1v) is 8.22. The van der Waals surface area contributed by atoms with E-state index in [1.807, 2.05) is 0 Å². The third-order valence-corrected chi connectivity index (χ3v) is 4.06. The van der Waals surface area contributed by atoms with Crippen molar-refractivity contribution in [2.75, 3.05) is 6.54 Å². The summed E-state index contributed by atoms with van der Waals surface area (Å²) in [4.78, 5) is 31.9. The zero-order valence-electron chi connectivity index (χ0n) is 13.7. The molecule has 0 saturated carbocycles. The fourth-order valence-electron chi connectivity index (χ4n) is 2.79. The summed E-state index contributed by atoms with van der Waals surface area (Å²) in [7, 11) is 0. The smallest absolute Gasteiger partial charge is 0.277 e. The summed E-state index contributed by atoms with van der Waals surface area (Å²) in [5.41, 5.74) is 1.62. The Morgan fingerprint density at radius 3 is 3.08 bits per heavy atom. The van der Waals surface area contributed by atoms with Crippen molar-refractivity contribution in [2.24, 2.45) is 4.99 Å². The molecule has 0 bridgehead atoms. The van der Waals surface area contributed by atoms with Gasteiger partial charge in [0.2, 0.25) is 5.91 Å². The van der Waals surface area contributed by atoms with Gasteiger partial charge in [0.05, 0.1) is 5.56 Å². The van der Waals surface area contributed by atoms with Gasteiger partial charge in [-0.2, -0.15) is 5.10 Å². The second-order valence-corrected chi connectivity index (χ2v) is 5.82. The molecule has 0 aromatic heterocycles. The standard InChI is InChI=1S/C17H21N5O2/c1-3-5-6-8-22-17(24)12-10-19-15-11(14(12)21-22)9-13(20-15)16(23)18-7-4-2/h4,9-10,13H,2-3,5-8H2,1H3,(H,18,23)(H,19,20). The topological polar surface area (TPSA) is 92.1 Å². The Morgan fingerprint density at radius 1 is 1.50 bits per heavy atom. The number of aromatic nitrogens is 3. The Hall–Kier alpha value is -2.70. The van der Waals surface area contributed by atoms with E-state index in [9.17, 15) is 9.59 Å². The number of nitrogens with zero attached hydrogens (tertiary/aromatic N) is 3. The fraction of sp³-hybridized carbons (Fsp3) is 0.412. The lowest BCUT2D eigenvalue weighted by atomic mass is 10.1. The number of rotatable bonds is 7. The van der Waals surface area contributed by atoms with Crippen LogP contribution in [0, 0.1) is 0 Å². The van der Waals surface area contributed by atoms with Crippen LogP contribution >= 0.6 is 0 Å². The molecule has 1 amide bonds. The lowest BCUT2D eigenvalue weighted by Crippen LogP contribution is -2.31. The lowest BCUT2D eigenvalue weighted by Gasteiger charge is -2.03. The highest BCUT2D eigenvalue weighted by Gasteiger charge is 2.23. The molecule has 0 saturated heterocycles. The summed E-state index contributed by atoms with van der Waals surface area (Å²) in [6.45, 7) is 6.69. The van der Waals surface area contributed by atoms with Crippen molar-refractivity contribution in [3.8, 4) is 11.3 Å². The van der Waals surface area contributed by atoms with Gasteiger partial charge in [-0.3, -0.25) is 14.6 Å². The van der Waals surface area contributed by atoms with Gasteiger partial charge in [0, 0.05) is 24.5 Å². The minimum Gasteiger partial charge on any atom is -0.350 e. The summed E-state index contributed by atoms with van der Waals surface area (Å²) in [5, 5.41) is 7.90. The molecule has 0 aromatic carbocycles. The number of carbonyl (C=O) groups is 1. The molecular weight excluding hydrogens is 306 g/mol. The number of unbranched alkanes of at least 4 members (excludes halogenated alkanes) is 2. The highest BCUT2D eigenvalue weighted by atomic mass is 16.2. The molecule has 3 aliphatic rings. The highest BCUT2D eigenvalue weighted by Crippen LogP contribution is 2.10. The van der Waals surface area contributed by atoms with Gasteiger partial charge in [-0.05, 0) is 12.5 Å². The average Bonchev–Trinajstić information content (AvgIpc) is 3.15. The van der Waals surface area contributed by atoms with Crippen molar-refractivity contribution in [3.05, 3.63) is 39.9 Å². The van der Waals surface area contributed by atoms with Gasteiger partial charge in [0.1, 0.15) is 17.2 Å². The van der Waals surface area contributed by atoms with Crippen molar-refractivity contribution in [3.63, 3.8) is 0 Å². The predicted octanol–water partition coefficient (Wildman–Crippen LogP) is -0.0491. The quantitative estimate of drug-likeness (QED) is 0.552. The van der Waals surface area contributed by atoms with E-state index in [1.165, 1.54) is 4.68 Å². The zero-order chi connectivity index (χ0) is 17.1. The first kappa shape index (κ1) is 16.2. The van der Waals surface area contributed by atoms with Gasteiger partial charge in [-0.1, -0.05) is 25.8 Å². The third kappa shape index (κ3) is 2.89. The molecule has 24 heavy (non-hydrogen) atoms. The molecule has 126 valence electrons. The normalized spacial score (nSPS) is 15.6. The number of nitrogens with one attached hydrogen (secondary N) is 2.